The van der Waals surface area contributed by atoms with E-state index in [1.54, 1.807) is 0 Å². The Hall–Kier alpha value is -2.34. The van der Waals surface area contributed by atoms with Gasteiger partial charge in [-0.05, 0) is 110 Å². The smallest absolute Gasteiger partial charge is 0.0121 e. The quantitative estimate of drug-likeness (QED) is 0.354. The van der Waals surface area contributed by atoms with Crippen molar-refractivity contribution in [1.82, 2.24) is 0 Å². The van der Waals surface area contributed by atoms with Crippen molar-refractivity contribution in [1.29, 1.82) is 0 Å². The summed E-state index contributed by atoms with van der Waals surface area (Å²) in [5.41, 5.74) is 11.2. The highest BCUT2D eigenvalue weighted by Gasteiger charge is 2.20. The molecule has 0 heteroatoms. The molecule has 1 aliphatic rings. The number of hydrogen-bond acceptors (Lipinski definition) is 0. The van der Waals surface area contributed by atoms with E-state index in [9.17, 15) is 0 Å². The second-order valence-electron chi connectivity index (χ2n) is 9.56. The number of aryl methyl sites for hydroxylation is 2. The summed E-state index contributed by atoms with van der Waals surface area (Å²) in [7, 11) is 0. The molecule has 0 heterocycles. The predicted octanol–water partition coefficient (Wildman–Crippen LogP) is 9.75. The first-order chi connectivity index (χ1) is 15.5. The van der Waals surface area contributed by atoms with Gasteiger partial charge in [0.25, 0.3) is 0 Å². The summed E-state index contributed by atoms with van der Waals surface area (Å²) in [4.78, 5) is 0. The molecule has 0 N–H and O–H groups in total. The van der Waals surface area contributed by atoms with Crippen LogP contribution in [0.15, 0.2) is 78.4 Å². The second kappa shape index (κ2) is 12.0. The van der Waals surface area contributed by atoms with Crippen molar-refractivity contribution < 1.29 is 0 Å². The summed E-state index contributed by atoms with van der Waals surface area (Å²) < 4.78 is 0. The van der Waals surface area contributed by atoms with Gasteiger partial charge in [-0.25, -0.2) is 0 Å². The van der Waals surface area contributed by atoms with Gasteiger partial charge in [-0.1, -0.05) is 87.5 Å². The maximum atomic E-state index is 4.63. The van der Waals surface area contributed by atoms with Gasteiger partial charge in [-0.15, -0.1) is 0 Å². The zero-order chi connectivity index (χ0) is 22.9. The van der Waals surface area contributed by atoms with E-state index in [0.717, 1.165) is 25.7 Å². The standard InChI is InChI=1S/C32H42/c1-6-14-28(29-20-13-18-27(7-2)23-29)19-12-17-26(5)32(30-21-10-8-15-24(30)3)31-22-11-9-16-25(31)4/h9,11,13,16,18,20,22-23,28H,3,5-8,10,12,14-15,17,19,21H2,1-2,4H3/b32-30-. The van der Waals surface area contributed by atoms with Crippen molar-refractivity contribution in [2.24, 2.45) is 0 Å². The van der Waals surface area contributed by atoms with Gasteiger partial charge in [0.1, 0.15) is 0 Å². The van der Waals surface area contributed by atoms with Gasteiger partial charge in [-0.2, -0.15) is 0 Å². The first kappa shape index (κ1) is 24.3. The molecule has 1 unspecified atom stereocenters. The highest BCUT2D eigenvalue weighted by atomic mass is 14.2. The van der Waals surface area contributed by atoms with Crippen molar-refractivity contribution in [3.8, 4) is 0 Å². The van der Waals surface area contributed by atoms with Gasteiger partial charge in [0.05, 0.1) is 0 Å². The second-order valence-corrected chi connectivity index (χ2v) is 9.56. The Morgan fingerprint density at radius 1 is 0.969 bits per heavy atom. The Morgan fingerprint density at radius 2 is 1.75 bits per heavy atom. The van der Waals surface area contributed by atoms with Crippen LogP contribution in [0.4, 0.5) is 0 Å². The van der Waals surface area contributed by atoms with E-state index in [4.69, 9.17) is 0 Å². The lowest BCUT2D eigenvalue weighted by Crippen LogP contribution is -2.05. The van der Waals surface area contributed by atoms with E-state index < -0.39 is 0 Å². The van der Waals surface area contributed by atoms with Crippen LogP contribution < -0.4 is 0 Å². The van der Waals surface area contributed by atoms with Gasteiger partial charge in [0, 0.05) is 0 Å². The first-order valence-electron chi connectivity index (χ1n) is 12.8. The zero-order valence-electron chi connectivity index (χ0n) is 20.7. The molecule has 1 saturated carbocycles. The number of benzene rings is 2. The van der Waals surface area contributed by atoms with Crippen LogP contribution in [0.2, 0.25) is 0 Å². The van der Waals surface area contributed by atoms with Crippen molar-refractivity contribution >= 4 is 5.57 Å². The third-order valence-electron chi connectivity index (χ3n) is 7.15. The Balaban J connectivity index is 1.78. The van der Waals surface area contributed by atoms with Crippen molar-refractivity contribution in [3.05, 3.63) is 101 Å². The highest BCUT2D eigenvalue weighted by Crippen LogP contribution is 2.40. The Kier molecular flexibility index (Phi) is 9.15. The Bertz CT molecular complexity index is 956. The fourth-order valence-corrected chi connectivity index (χ4v) is 5.27. The summed E-state index contributed by atoms with van der Waals surface area (Å²) in [6, 6.07) is 18.1. The molecular formula is C32H42. The summed E-state index contributed by atoms with van der Waals surface area (Å²) in [5.74, 6) is 0.651. The molecule has 32 heavy (non-hydrogen) atoms. The topological polar surface area (TPSA) is 0 Å². The molecule has 0 saturated heterocycles. The zero-order valence-corrected chi connectivity index (χ0v) is 20.7. The third kappa shape index (κ3) is 6.12. The van der Waals surface area contributed by atoms with Crippen molar-refractivity contribution in [3.63, 3.8) is 0 Å². The average Bonchev–Trinajstić information content (AvgIpc) is 2.81. The SMILES string of the molecule is C=C1CCCC/C1=C(\C(=C)CCCC(CCC)c1cccc(CC)c1)c1ccccc1C. The number of allylic oxidation sites excluding steroid dienone is 4. The van der Waals surface area contributed by atoms with Gasteiger partial charge in [0.15, 0.2) is 0 Å². The van der Waals surface area contributed by atoms with E-state index >= 15 is 0 Å². The molecule has 2 aromatic carbocycles. The molecule has 3 rings (SSSR count). The van der Waals surface area contributed by atoms with Crippen LogP contribution in [0.3, 0.4) is 0 Å². The maximum Gasteiger partial charge on any atom is -0.0121 e. The molecule has 0 nitrogen and oxygen atoms in total. The Labute approximate surface area is 197 Å². The fourth-order valence-electron chi connectivity index (χ4n) is 5.27. The molecular weight excluding hydrogens is 384 g/mol. The maximum absolute atomic E-state index is 4.63. The van der Waals surface area contributed by atoms with Crippen LogP contribution in [0.25, 0.3) is 5.57 Å². The molecule has 170 valence electrons. The average molecular weight is 427 g/mol. The lowest BCUT2D eigenvalue weighted by atomic mass is 9.80. The monoisotopic (exact) mass is 426 g/mol. The summed E-state index contributed by atoms with van der Waals surface area (Å²) >= 11 is 0. The lowest BCUT2D eigenvalue weighted by Gasteiger charge is -2.25. The van der Waals surface area contributed by atoms with Gasteiger partial charge in [-0.3, -0.25) is 0 Å². The first-order valence-corrected chi connectivity index (χ1v) is 12.8. The molecule has 1 atom stereocenters. The third-order valence-corrected chi connectivity index (χ3v) is 7.15. The predicted molar refractivity (Wildman–Crippen MR) is 142 cm³/mol. The van der Waals surface area contributed by atoms with Gasteiger partial charge < -0.3 is 0 Å². The molecule has 0 bridgehead atoms. The van der Waals surface area contributed by atoms with E-state index in [1.165, 1.54) is 83.1 Å². The minimum atomic E-state index is 0.651. The lowest BCUT2D eigenvalue weighted by molar-refractivity contribution is 0.546. The van der Waals surface area contributed by atoms with E-state index in [1.807, 2.05) is 0 Å². The van der Waals surface area contributed by atoms with Crippen molar-refractivity contribution in [2.45, 2.75) is 90.9 Å². The molecule has 2 aromatic rings. The number of rotatable bonds is 10. The van der Waals surface area contributed by atoms with Crippen LogP contribution in [0.1, 0.15) is 99.8 Å². The molecule has 0 spiro atoms. The van der Waals surface area contributed by atoms with Crippen LogP contribution >= 0.6 is 0 Å². The summed E-state index contributed by atoms with van der Waals surface area (Å²) in [5, 5.41) is 0. The molecule has 1 aliphatic carbocycles. The molecule has 0 amide bonds. The van der Waals surface area contributed by atoms with Crippen LogP contribution in [-0.2, 0) is 6.42 Å². The minimum Gasteiger partial charge on any atom is -0.0955 e. The Morgan fingerprint density at radius 3 is 2.47 bits per heavy atom. The van der Waals surface area contributed by atoms with Gasteiger partial charge >= 0.3 is 0 Å². The van der Waals surface area contributed by atoms with E-state index in [-0.39, 0.29) is 0 Å². The van der Waals surface area contributed by atoms with E-state index in [2.05, 4.69) is 82.5 Å². The normalized spacial score (nSPS) is 16.7. The van der Waals surface area contributed by atoms with E-state index in [0.29, 0.717) is 5.92 Å². The minimum absolute atomic E-state index is 0.651. The highest BCUT2D eigenvalue weighted by molar-refractivity contribution is 5.84. The van der Waals surface area contributed by atoms with Crippen LogP contribution in [0, 0.1) is 6.92 Å². The van der Waals surface area contributed by atoms with Crippen molar-refractivity contribution in [2.75, 3.05) is 0 Å². The molecule has 0 aromatic heterocycles. The van der Waals surface area contributed by atoms with Crippen LogP contribution in [-0.4, -0.2) is 0 Å². The summed E-state index contributed by atoms with van der Waals surface area (Å²) in [6.45, 7) is 15.9. The van der Waals surface area contributed by atoms with Gasteiger partial charge in [0.2, 0.25) is 0 Å². The number of hydrogen-bond donors (Lipinski definition) is 0. The largest absolute Gasteiger partial charge is 0.0955 e. The van der Waals surface area contributed by atoms with Crippen LogP contribution in [0.5, 0.6) is 0 Å². The summed E-state index contributed by atoms with van der Waals surface area (Å²) in [6.07, 6.45) is 11.9. The fraction of sp³-hybridized carbons (Fsp3) is 0.438. The molecule has 1 fully saturated rings. The molecule has 0 radical (unpaired) electrons. The molecule has 0 aliphatic heterocycles.